The van der Waals surface area contributed by atoms with Crippen LogP contribution < -0.4 is 0 Å². The fraction of sp³-hybridized carbons (Fsp3) is 0.300. The Balaban J connectivity index is 1.51. The van der Waals surface area contributed by atoms with Gasteiger partial charge in [0.2, 0.25) is 0 Å². The third-order valence-corrected chi connectivity index (χ3v) is 5.39. The molecule has 146 valence electrons. The van der Waals surface area contributed by atoms with Gasteiger partial charge in [-0.15, -0.1) is 11.8 Å². The fourth-order valence-electron chi connectivity index (χ4n) is 2.75. The standard InChI is InChI=1S/C20H20N2O5S/c1-26-20(25)17-12-22(10-11-28-17)18(23)13-27-19(24)9-8-15-7-6-14-4-2-3-5-16(14)21-15/h2-9,17H,10-13H2,1H3/b9-8+/t17-/m0/s1. The van der Waals surface area contributed by atoms with Crippen LogP contribution in [0.2, 0.25) is 0 Å². The minimum atomic E-state index is -0.626. The maximum atomic E-state index is 12.2. The quantitative estimate of drug-likeness (QED) is 0.560. The Morgan fingerprint density at radius 3 is 2.89 bits per heavy atom. The molecule has 0 radical (unpaired) electrons. The number of thioether (sulfide) groups is 1. The molecule has 2 heterocycles. The molecular weight excluding hydrogens is 380 g/mol. The number of aromatic nitrogens is 1. The van der Waals surface area contributed by atoms with Crippen LogP contribution in [0.1, 0.15) is 5.69 Å². The second kappa shape index (κ2) is 9.36. The van der Waals surface area contributed by atoms with Crippen molar-refractivity contribution in [3.63, 3.8) is 0 Å². The van der Waals surface area contributed by atoms with Crippen molar-refractivity contribution in [1.82, 2.24) is 9.88 Å². The zero-order chi connectivity index (χ0) is 19.9. The van der Waals surface area contributed by atoms with E-state index in [9.17, 15) is 14.4 Å². The first-order chi connectivity index (χ1) is 13.6. The molecule has 1 atom stereocenters. The molecule has 1 aromatic carbocycles. The summed E-state index contributed by atoms with van der Waals surface area (Å²) >= 11 is 1.45. The highest BCUT2D eigenvalue weighted by Crippen LogP contribution is 2.20. The van der Waals surface area contributed by atoms with Crippen molar-refractivity contribution in [2.24, 2.45) is 0 Å². The van der Waals surface area contributed by atoms with E-state index in [4.69, 9.17) is 9.47 Å². The van der Waals surface area contributed by atoms with Gasteiger partial charge in [-0.2, -0.15) is 0 Å². The number of benzene rings is 1. The lowest BCUT2D eigenvalue weighted by atomic mass is 10.2. The molecule has 1 fully saturated rings. The van der Waals surface area contributed by atoms with Gasteiger partial charge in [-0.3, -0.25) is 9.59 Å². The first-order valence-corrected chi connectivity index (χ1v) is 9.79. The first kappa shape index (κ1) is 19.9. The molecule has 28 heavy (non-hydrogen) atoms. The maximum absolute atomic E-state index is 12.2. The number of carbonyl (C=O) groups excluding carboxylic acids is 3. The topological polar surface area (TPSA) is 85.8 Å². The SMILES string of the molecule is COC(=O)[C@@H]1CN(C(=O)COC(=O)/C=C/c2ccc3ccccc3n2)CCS1. The largest absolute Gasteiger partial charge is 0.468 e. The van der Waals surface area contributed by atoms with E-state index in [-0.39, 0.29) is 25.0 Å². The molecule has 2 aromatic rings. The van der Waals surface area contributed by atoms with Gasteiger partial charge in [0.15, 0.2) is 6.61 Å². The smallest absolute Gasteiger partial charge is 0.331 e. The zero-order valence-electron chi connectivity index (χ0n) is 15.4. The molecular formula is C20H20N2O5S. The molecule has 7 nitrogen and oxygen atoms in total. The predicted molar refractivity (Wildman–Crippen MR) is 107 cm³/mol. The van der Waals surface area contributed by atoms with Crippen LogP contribution in [0.15, 0.2) is 42.5 Å². The molecule has 8 heteroatoms. The van der Waals surface area contributed by atoms with Crippen LogP contribution in [0.4, 0.5) is 0 Å². The molecule has 0 spiro atoms. The van der Waals surface area contributed by atoms with Gasteiger partial charge in [-0.25, -0.2) is 9.78 Å². The van der Waals surface area contributed by atoms with Gasteiger partial charge < -0.3 is 14.4 Å². The second-order valence-electron chi connectivity index (χ2n) is 6.09. The van der Waals surface area contributed by atoms with Crippen LogP contribution in [-0.4, -0.2) is 65.5 Å². The first-order valence-electron chi connectivity index (χ1n) is 8.74. The summed E-state index contributed by atoms with van der Waals surface area (Å²) in [5.41, 5.74) is 1.45. The van der Waals surface area contributed by atoms with Crippen molar-refractivity contribution < 1.29 is 23.9 Å². The molecule has 0 saturated carbocycles. The average Bonchev–Trinajstić information content (AvgIpc) is 2.75. The van der Waals surface area contributed by atoms with Crippen LogP contribution in [0.5, 0.6) is 0 Å². The van der Waals surface area contributed by atoms with Gasteiger partial charge in [-0.05, 0) is 18.2 Å². The van der Waals surface area contributed by atoms with Crippen LogP contribution in [0.25, 0.3) is 17.0 Å². The molecule has 1 saturated heterocycles. The van der Waals surface area contributed by atoms with Crippen molar-refractivity contribution in [2.45, 2.75) is 5.25 Å². The number of para-hydroxylation sites is 1. The molecule has 3 rings (SSSR count). The minimum Gasteiger partial charge on any atom is -0.468 e. The number of fused-ring (bicyclic) bond motifs is 1. The van der Waals surface area contributed by atoms with Crippen LogP contribution in [-0.2, 0) is 23.9 Å². The molecule has 0 bridgehead atoms. The Hall–Kier alpha value is -2.87. The number of amides is 1. The van der Waals surface area contributed by atoms with Crippen molar-refractivity contribution in [3.8, 4) is 0 Å². The summed E-state index contributed by atoms with van der Waals surface area (Å²) < 4.78 is 9.74. The van der Waals surface area contributed by atoms with Crippen LogP contribution >= 0.6 is 11.8 Å². The van der Waals surface area contributed by atoms with E-state index < -0.39 is 11.2 Å². The number of nitrogens with zero attached hydrogens (tertiary/aromatic N) is 2. The average molecular weight is 400 g/mol. The van der Waals surface area contributed by atoms with E-state index in [1.165, 1.54) is 29.8 Å². The van der Waals surface area contributed by atoms with Gasteiger partial charge in [-0.1, -0.05) is 24.3 Å². The fourth-order valence-corrected chi connectivity index (χ4v) is 3.88. The minimum absolute atomic E-state index is 0.255. The summed E-state index contributed by atoms with van der Waals surface area (Å²) in [5, 5.41) is 0.607. The van der Waals surface area contributed by atoms with Crippen molar-refractivity contribution in [1.29, 1.82) is 0 Å². The number of pyridine rings is 1. The summed E-state index contributed by atoms with van der Waals surface area (Å²) in [6, 6.07) is 11.4. The Kier molecular flexibility index (Phi) is 6.65. The Bertz CT molecular complexity index is 914. The Morgan fingerprint density at radius 2 is 2.07 bits per heavy atom. The van der Waals surface area contributed by atoms with Crippen LogP contribution in [0, 0.1) is 0 Å². The second-order valence-corrected chi connectivity index (χ2v) is 7.40. The summed E-state index contributed by atoms with van der Waals surface area (Å²) in [4.78, 5) is 41.7. The highest BCUT2D eigenvalue weighted by molar-refractivity contribution is 8.00. The van der Waals surface area contributed by atoms with Crippen molar-refractivity contribution in [3.05, 3.63) is 48.2 Å². The maximum Gasteiger partial charge on any atom is 0.331 e. The van der Waals surface area contributed by atoms with Gasteiger partial charge in [0.05, 0.1) is 18.3 Å². The van der Waals surface area contributed by atoms with E-state index >= 15 is 0 Å². The Morgan fingerprint density at radius 1 is 1.25 bits per heavy atom. The van der Waals surface area contributed by atoms with Crippen LogP contribution in [0.3, 0.4) is 0 Å². The van der Waals surface area contributed by atoms with E-state index in [1.807, 2.05) is 30.3 Å². The molecule has 0 N–H and O–H groups in total. The number of rotatable bonds is 5. The van der Waals surface area contributed by atoms with Gasteiger partial charge in [0, 0.05) is 30.3 Å². The lowest BCUT2D eigenvalue weighted by Gasteiger charge is -2.30. The number of carbonyl (C=O) groups is 3. The number of methoxy groups -OCH3 is 1. The normalized spacial score (nSPS) is 16.9. The van der Waals surface area contributed by atoms with Gasteiger partial charge in [0.25, 0.3) is 5.91 Å². The zero-order valence-corrected chi connectivity index (χ0v) is 16.2. The third kappa shape index (κ3) is 5.10. The van der Waals surface area contributed by atoms with E-state index in [1.54, 1.807) is 12.1 Å². The van der Waals surface area contributed by atoms with E-state index in [0.29, 0.717) is 18.0 Å². The van der Waals surface area contributed by atoms with Crippen molar-refractivity contribution in [2.75, 3.05) is 32.6 Å². The lowest BCUT2D eigenvalue weighted by Crippen LogP contribution is -2.46. The predicted octanol–water partition coefficient (Wildman–Crippen LogP) is 1.91. The van der Waals surface area contributed by atoms with Crippen molar-refractivity contribution >= 4 is 46.6 Å². The summed E-state index contributed by atoms with van der Waals surface area (Å²) in [7, 11) is 1.32. The monoisotopic (exact) mass is 400 g/mol. The number of hydrogen-bond donors (Lipinski definition) is 0. The van der Waals surface area contributed by atoms with E-state index in [2.05, 4.69) is 4.98 Å². The summed E-state index contributed by atoms with van der Waals surface area (Å²) in [6.45, 7) is 0.392. The number of hydrogen-bond acceptors (Lipinski definition) is 7. The molecule has 0 unspecified atom stereocenters. The van der Waals surface area contributed by atoms with Gasteiger partial charge >= 0.3 is 11.9 Å². The summed E-state index contributed by atoms with van der Waals surface area (Å²) in [5.74, 6) is -0.684. The third-order valence-electron chi connectivity index (χ3n) is 4.23. The highest BCUT2D eigenvalue weighted by Gasteiger charge is 2.29. The molecule has 1 aliphatic rings. The molecule has 1 aliphatic heterocycles. The summed E-state index contributed by atoms with van der Waals surface area (Å²) in [6.07, 6.45) is 2.79. The number of esters is 2. The van der Waals surface area contributed by atoms with E-state index in [0.717, 1.165) is 10.9 Å². The molecule has 1 amide bonds. The highest BCUT2D eigenvalue weighted by atomic mass is 32.2. The van der Waals surface area contributed by atoms with Gasteiger partial charge in [0.1, 0.15) is 5.25 Å². The molecule has 0 aliphatic carbocycles. The number of ether oxygens (including phenoxy) is 2. The Labute approximate surface area is 166 Å². The molecule has 1 aromatic heterocycles. The lowest BCUT2D eigenvalue weighted by molar-refractivity contribution is -0.149.